The normalized spacial score (nSPS) is 16.4. The van der Waals surface area contributed by atoms with E-state index in [-0.39, 0.29) is 18.2 Å². The third kappa shape index (κ3) is 4.09. The third-order valence-electron chi connectivity index (χ3n) is 4.73. The molecule has 0 saturated carbocycles. The lowest BCUT2D eigenvalue weighted by molar-refractivity contribution is -0.121. The first-order valence-corrected chi connectivity index (χ1v) is 9.02. The summed E-state index contributed by atoms with van der Waals surface area (Å²) in [6, 6.07) is 12.1. The summed E-state index contributed by atoms with van der Waals surface area (Å²) in [5.41, 5.74) is 1.61. The number of rotatable bonds is 8. The van der Waals surface area contributed by atoms with Crippen molar-refractivity contribution in [1.29, 1.82) is 0 Å². The van der Waals surface area contributed by atoms with Gasteiger partial charge in [0, 0.05) is 0 Å². The first-order valence-electron chi connectivity index (χ1n) is 9.02. The van der Waals surface area contributed by atoms with E-state index in [9.17, 15) is 9.59 Å². The summed E-state index contributed by atoms with van der Waals surface area (Å²) in [5.74, 6) is 1.57. The molecular weight excluding hydrogens is 360 g/mol. The minimum absolute atomic E-state index is 0.150. The highest BCUT2D eigenvalue weighted by Gasteiger charge is 2.39. The van der Waals surface area contributed by atoms with E-state index in [1.807, 2.05) is 18.2 Å². The van der Waals surface area contributed by atoms with Crippen molar-refractivity contribution in [3.63, 3.8) is 0 Å². The van der Waals surface area contributed by atoms with Gasteiger partial charge in [0.1, 0.15) is 5.75 Å². The van der Waals surface area contributed by atoms with Crippen LogP contribution in [0.5, 0.6) is 17.2 Å². The highest BCUT2D eigenvalue weighted by atomic mass is 16.5. The molecule has 7 heteroatoms. The first kappa shape index (κ1) is 19.7. The zero-order valence-corrected chi connectivity index (χ0v) is 16.2. The molecule has 1 saturated heterocycles. The Hall–Kier alpha value is -3.06. The van der Waals surface area contributed by atoms with Crippen molar-refractivity contribution in [2.75, 3.05) is 32.8 Å². The summed E-state index contributed by atoms with van der Waals surface area (Å²) in [7, 11) is 4.76. The number of amides is 2. The topological polar surface area (TPSA) is 77.1 Å². The molecule has 0 spiro atoms. The van der Waals surface area contributed by atoms with Crippen LogP contribution in [0.4, 0.5) is 5.69 Å². The lowest BCUT2D eigenvalue weighted by atomic mass is 10.1. The minimum Gasteiger partial charge on any atom is -0.497 e. The number of carbonyl (C=O) groups excluding carboxylic acids is 2. The van der Waals surface area contributed by atoms with Gasteiger partial charge in [-0.15, -0.1) is 0 Å². The number of hydrogen-bond acceptors (Lipinski definition) is 6. The van der Waals surface area contributed by atoms with E-state index in [4.69, 9.17) is 14.2 Å². The molecule has 3 rings (SSSR count). The number of carbonyl (C=O) groups is 2. The van der Waals surface area contributed by atoms with Gasteiger partial charge in [-0.3, -0.25) is 9.59 Å². The molecule has 2 aromatic rings. The van der Waals surface area contributed by atoms with Crippen molar-refractivity contribution in [3.05, 3.63) is 48.0 Å². The number of ether oxygens (including phenoxy) is 3. The quantitative estimate of drug-likeness (QED) is 0.703. The van der Waals surface area contributed by atoms with E-state index < -0.39 is 6.04 Å². The van der Waals surface area contributed by atoms with Crippen molar-refractivity contribution in [3.8, 4) is 17.2 Å². The molecule has 0 radical (unpaired) electrons. The van der Waals surface area contributed by atoms with Gasteiger partial charge in [-0.1, -0.05) is 6.07 Å². The van der Waals surface area contributed by atoms with Crippen LogP contribution in [-0.4, -0.2) is 45.7 Å². The number of benzene rings is 2. The van der Waals surface area contributed by atoms with E-state index in [2.05, 4.69) is 5.32 Å². The zero-order valence-electron chi connectivity index (χ0n) is 16.2. The molecule has 0 aliphatic carbocycles. The second-order valence-electron chi connectivity index (χ2n) is 6.42. The lowest BCUT2D eigenvalue weighted by Crippen LogP contribution is -2.39. The van der Waals surface area contributed by atoms with Gasteiger partial charge in [0.2, 0.25) is 5.91 Å². The molecule has 7 nitrogen and oxygen atoms in total. The summed E-state index contributed by atoms with van der Waals surface area (Å²) in [6.45, 7) is 0.565. The standard InChI is InChI=1S/C21H24N2O5/c1-26-16-7-5-15(6-8-16)23-20(24)13-17(21(23)25)22-11-10-14-4-9-18(27-2)19(12-14)28-3/h4-9,12,17,22H,10-11,13H2,1-3H3. The maximum Gasteiger partial charge on any atom is 0.251 e. The van der Waals surface area contributed by atoms with Crippen LogP contribution in [0.25, 0.3) is 0 Å². The van der Waals surface area contributed by atoms with E-state index in [0.29, 0.717) is 35.9 Å². The molecule has 1 atom stereocenters. The Bertz CT molecular complexity index is 850. The Morgan fingerprint density at radius 3 is 2.32 bits per heavy atom. The fourth-order valence-electron chi connectivity index (χ4n) is 3.22. The van der Waals surface area contributed by atoms with Crippen molar-refractivity contribution in [1.82, 2.24) is 5.32 Å². The maximum atomic E-state index is 12.7. The largest absolute Gasteiger partial charge is 0.497 e. The summed E-state index contributed by atoms with van der Waals surface area (Å²) < 4.78 is 15.7. The van der Waals surface area contributed by atoms with Crippen molar-refractivity contribution >= 4 is 17.5 Å². The van der Waals surface area contributed by atoms with Crippen LogP contribution in [0.15, 0.2) is 42.5 Å². The second kappa shape index (κ2) is 8.75. The molecule has 1 unspecified atom stereocenters. The van der Waals surface area contributed by atoms with Gasteiger partial charge >= 0.3 is 0 Å². The summed E-state index contributed by atoms with van der Waals surface area (Å²) >= 11 is 0. The average Bonchev–Trinajstić information content (AvgIpc) is 3.01. The Labute approximate surface area is 164 Å². The molecule has 0 aromatic heterocycles. The van der Waals surface area contributed by atoms with E-state index in [0.717, 1.165) is 5.56 Å². The predicted octanol–water partition coefficient (Wildman–Crippen LogP) is 2.18. The summed E-state index contributed by atoms with van der Waals surface area (Å²) in [5, 5.41) is 3.19. The molecular formula is C21H24N2O5. The Morgan fingerprint density at radius 1 is 0.964 bits per heavy atom. The second-order valence-corrected chi connectivity index (χ2v) is 6.42. The molecule has 1 fully saturated rings. The monoisotopic (exact) mass is 384 g/mol. The first-order chi connectivity index (χ1) is 13.6. The zero-order chi connectivity index (χ0) is 20.1. The van der Waals surface area contributed by atoms with E-state index >= 15 is 0 Å². The maximum absolute atomic E-state index is 12.7. The molecule has 1 heterocycles. The van der Waals surface area contributed by atoms with Gasteiger partial charge in [-0.25, -0.2) is 4.90 Å². The lowest BCUT2D eigenvalue weighted by Gasteiger charge is -2.16. The minimum atomic E-state index is -0.519. The van der Waals surface area contributed by atoms with Crippen molar-refractivity contribution in [2.45, 2.75) is 18.9 Å². The fourth-order valence-corrected chi connectivity index (χ4v) is 3.22. The molecule has 148 valence electrons. The molecule has 0 bridgehead atoms. The molecule has 2 aromatic carbocycles. The predicted molar refractivity (Wildman–Crippen MR) is 105 cm³/mol. The number of methoxy groups -OCH3 is 3. The average molecular weight is 384 g/mol. The van der Waals surface area contributed by atoms with Crippen LogP contribution >= 0.6 is 0 Å². The van der Waals surface area contributed by atoms with Gasteiger partial charge in [0.15, 0.2) is 11.5 Å². The molecule has 1 N–H and O–H groups in total. The van der Waals surface area contributed by atoms with Crippen LogP contribution in [0.2, 0.25) is 0 Å². The molecule has 1 aliphatic rings. The fraction of sp³-hybridized carbons (Fsp3) is 0.333. The SMILES string of the molecule is COc1ccc(N2C(=O)CC(NCCc3ccc(OC)c(OC)c3)C2=O)cc1. The Morgan fingerprint density at radius 2 is 1.68 bits per heavy atom. The number of imide groups is 1. The molecule has 28 heavy (non-hydrogen) atoms. The third-order valence-corrected chi connectivity index (χ3v) is 4.73. The summed E-state index contributed by atoms with van der Waals surface area (Å²) in [4.78, 5) is 26.2. The Kier molecular flexibility index (Phi) is 6.16. The van der Waals surface area contributed by atoms with Crippen LogP contribution in [0.3, 0.4) is 0 Å². The van der Waals surface area contributed by atoms with Crippen molar-refractivity contribution < 1.29 is 23.8 Å². The van der Waals surface area contributed by atoms with Crippen LogP contribution < -0.4 is 24.4 Å². The van der Waals surface area contributed by atoms with Crippen LogP contribution in [0, 0.1) is 0 Å². The number of anilines is 1. The van der Waals surface area contributed by atoms with Gasteiger partial charge < -0.3 is 19.5 Å². The van der Waals surface area contributed by atoms with E-state index in [1.54, 1.807) is 45.6 Å². The number of hydrogen-bond donors (Lipinski definition) is 1. The molecule has 2 amide bonds. The van der Waals surface area contributed by atoms with E-state index in [1.165, 1.54) is 4.90 Å². The highest BCUT2D eigenvalue weighted by molar-refractivity contribution is 6.22. The highest BCUT2D eigenvalue weighted by Crippen LogP contribution is 2.28. The summed E-state index contributed by atoms with van der Waals surface area (Å²) in [6.07, 6.45) is 0.845. The van der Waals surface area contributed by atoms with Crippen LogP contribution in [0.1, 0.15) is 12.0 Å². The van der Waals surface area contributed by atoms with Crippen molar-refractivity contribution in [2.24, 2.45) is 0 Å². The number of nitrogens with one attached hydrogen (secondary N) is 1. The Balaban J connectivity index is 1.59. The van der Waals surface area contributed by atoms with Gasteiger partial charge in [0.05, 0.1) is 39.5 Å². The van der Waals surface area contributed by atoms with Gasteiger partial charge in [-0.05, 0) is 54.9 Å². The van der Waals surface area contributed by atoms with Crippen LogP contribution in [-0.2, 0) is 16.0 Å². The smallest absolute Gasteiger partial charge is 0.251 e. The van der Waals surface area contributed by atoms with Gasteiger partial charge in [-0.2, -0.15) is 0 Å². The molecule has 1 aliphatic heterocycles. The number of nitrogens with zero attached hydrogens (tertiary/aromatic N) is 1. The van der Waals surface area contributed by atoms with Gasteiger partial charge in [0.25, 0.3) is 5.91 Å².